The summed E-state index contributed by atoms with van der Waals surface area (Å²) >= 11 is 0. The molecule has 3 aromatic carbocycles. The maximum Gasteiger partial charge on any atom is -0.00258 e. The van der Waals surface area contributed by atoms with E-state index in [9.17, 15) is 0 Å². The molecular formula is C28H38. The zero-order valence-electron chi connectivity index (χ0n) is 18.8. The van der Waals surface area contributed by atoms with Crippen LogP contribution in [-0.4, -0.2) is 0 Å². The molecule has 0 spiro atoms. The van der Waals surface area contributed by atoms with Crippen LogP contribution in [0.1, 0.15) is 67.5 Å². The van der Waals surface area contributed by atoms with E-state index in [1.54, 1.807) is 0 Å². The Kier molecular flexibility index (Phi) is 11.7. The second-order valence-corrected chi connectivity index (χ2v) is 7.38. The van der Waals surface area contributed by atoms with Crippen molar-refractivity contribution in [3.8, 4) is 0 Å². The van der Waals surface area contributed by atoms with Crippen LogP contribution in [0.5, 0.6) is 0 Å². The van der Waals surface area contributed by atoms with E-state index in [0.29, 0.717) is 0 Å². The van der Waals surface area contributed by atoms with Gasteiger partial charge in [0.05, 0.1) is 0 Å². The Hall–Kier alpha value is -2.34. The van der Waals surface area contributed by atoms with Gasteiger partial charge >= 0.3 is 0 Å². The van der Waals surface area contributed by atoms with Crippen LogP contribution >= 0.6 is 0 Å². The van der Waals surface area contributed by atoms with Crippen LogP contribution < -0.4 is 0 Å². The smallest absolute Gasteiger partial charge is 0.00258 e. The summed E-state index contributed by atoms with van der Waals surface area (Å²) < 4.78 is 0. The number of hydrogen-bond donors (Lipinski definition) is 0. The third-order valence-electron chi connectivity index (χ3n) is 4.46. The molecule has 0 heterocycles. The highest BCUT2D eigenvalue weighted by Gasteiger charge is 1.95. The minimum atomic E-state index is 1.03. The Balaban J connectivity index is 0.000000261. The molecule has 0 saturated heterocycles. The molecule has 28 heavy (non-hydrogen) atoms. The summed E-state index contributed by atoms with van der Waals surface area (Å²) in [5.41, 5.74) is 8.29. The zero-order chi connectivity index (χ0) is 20.8. The van der Waals surface area contributed by atoms with Gasteiger partial charge in [0.15, 0.2) is 0 Å². The largest absolute Gasteiger partial charge is 0.0656 e. The van der Waals surface area contributed by atoms with Gasteiger partial charge < -0.3 is 0 Å². The molecule has 0 nitrogen and oxygen atoms in total. The first-order valence-corrected chi connectivity index (χ1v) is 10.7. The minimum absolute atomic E-state index is 1.03. The van der Waals surface area contributed by atoms with Crippen molar-refractivity contribution in [3.05, 3.63) is 106 Å². The number of aryl methyl sites for hydroxylation is 4. The molecule has 3 rings (SSSR count). The SMILES string of the molecule is CCC.CCc1cccc(CC)c1.Cc1ccc(Cc2ccc(C)cc2)cc1. The summed E-state index contributed by atoms with van der Waals surface area (Å²) in [6, 6.07) is 26.3. The lowest BCUT2D eigenvalue weighted by atomic mass is 10.0. The molecule has 0 bridgehead atoms. The molecule has 0 unspecified atom stereocenters. The average molecular weight is 375 g/mol. The third-order valence-corrected chi connectivity index (χ3v) is 4.46. The zero-order valence-corrected chi connectivity index (χ0v) is 18.8. The second-order valence-electron chi connectivity index (χ2n) is 7.38. The first kappa shape index (κ1) is 23.7. The van der Waals surface area contributed by atoms with Gasteiger partial charge in [-0.2, -0.15) is 0 Å². The van der Waals surface area contributed by atoms with Crippen LogP contribution in [0.25, 0.3) is 0 Å². The standard InChI is InChI=1S/C15H16.C10H14.C3H8/c1-12-3-7-14(8-4-12)11-15-9-5-13(2)6-10-15;1-3-9-6-5-7-10(4-2)8-9;1-3-2/h3-10H,11H2,1-2H3;5-8H,3-4H2,1-2H3;3H2,1-2H3. The van der Waals surface area contributed by atoms with Crippen molar-refractivity contribution in [2.45, 2.75) is 67.2 Å². The Labute approximate surface area is 173 Å². The molecule has 0 aliphatic carbocycles. The van der Waals surface area contributed by atoms with Crippen LogP contribution in [0.15, 0.2) is 72.8 Å². The maximum absolute atomic E-state index is 2.28. The summed E-state index contributed by atoms with van der Waals surface area (Å²) in [5, 5.41) is 0. The van der Waals surface area contributed by atoms with Crippen molar-refractivity contribution in [1.82, 2.24) is 0 Å². The molecule has 0 N–H and O–H groups in total. The summed E-state index contributed by atoms with van der Waals surface area (Å²) in [5.74, 6) is 0. The topological polar surface area (TPSA) is 0 Å². The normalized spacial score (nSPS) is 9.64. The molecule has 3 aromatic rings. The highest BCUT2D eigenvalue weighted by Crippen LogP contribution is 2.11. The van der Waals surface area contributed by atoms with Gasteiger partial charge in [0.1, 0.15) is 0 Å². The molecule has 0 aromatic heterocycles. The molecule has 0 aliphatic rings. The van der Waals surface area contributed by atoms with E-state index in [1.165, 1.54) is 39.8 Å². The Morgan fingerprint density at radius 2 is 0.857 bits per heavy atom. The lowest BCUT2D eigenvalue weighted by Crippen LogP contribution is -1.88. The molecule has 0 aliphatic heterocycles. The fourth-order valence-corrected chi connectivity index (χ4v) is 2.72. The lowest BCUT2D eigenvalue weighted by Gasteiger charge is -2.03. The van der Waals surface area contributed by atoms with E-state index in [1.807, 2.05) is 0 Å². The van der Waals surface area contributed by atoms with Gasteiger partial charge in [-0.25, -0.2) is 0 Å². The molecule has 0 amide bonds. The van der Waals surface area contributed by atoms with Crippen LogP contribution in [0.4, 0.5) is 0 Å². The molecule has 150 valence electrons. The van der Waals surface area contributed by atoms with E-state index in [-0.39, 0.29) is 0 Å². The van der Waals surface area contributed by atoms with E-state index in [2.05, 4.69) is 114 Å². The fraction of sp³-hybridized carbons (Fsp3) is 0.357. The van der Waals surface area contributed by atoms with Crippen LogP contribution in [-0.2, 0) is 19.3 Å². The Morgan fingerprint density at radius 1 is 0.500 bits per heavy atom. The van der Waals surface area contributed by atoms with E-state index in [4.69, 9.17) is 0 Å². The summed E-state index contributed by atoms with van der Waals surface area (Å²) in [6.07, 6.45) is 4.57. The number of rotatable bonds is 4. The van der Waals surface area contributed by atoms with Gasteiger partial charge in [0.25, 0.3) is 0 Å². The fourth-order valence-electron chi connectivity index (χ4n) is 2.72. The van der Waals surface area contributed by atoms with E-state index < -0.39 is 0 Å². The van der Waals surface area contributed by atoms with Crippen LogP contribution in [0.2, 0.25) is 0 Å². The molecular weight excluding hydrogens is 336 g/mol. The van der Waals surface area contributed by atoms with Crippen molar-refractivity contribution in [2.24, 2.45) is 0 Å². The second kappa shape index (κ2) is 13.8. The van der Waals surface area contributed by atoms with Crippen LogP contribution in [0.3, 0.4) is 0 Å². The quantitative estimate of drug-likeness (QED) is 0.432. The van der Waals surface area contributed by atoms with E-state index in [0.717, 1.165) is 19.3 Å². The maximum atomic E-state index is 2.28. The summed E-state index contributed by atoms with van der Waals surface area (Å²) in [6.45, 7) is 12.9. The molecule has 0 fully saturated rings. The van der Waals surface area contributed by atoms with Gasteiger partial charge in [-0.15, -0.1) is 0 Å². The molecule has 0 heteroatoms. The van der Waals surface area contributed by atoms with Crippen molar-refractivity contribution >= 4 is 0 Å². The first-order chi connectivity index (χ1) is 13.5. The van der Waals surface area contributed by atoms with Gasteiger partial charge in [0, 0.05) is 0 Å². The first-order valence-electron chi connectivity index (χ1n) is 10.7. The van der Waals surface area contributed by atoms with Gasteiger partial charge in [0.2, 0.25) is 0 Å². The predicted octanol–water partition coefficient (Wildman–Crippen LogP) is 8.12. The van der Waals surface area contributed by atoms with Crippen molar-refractivity contribution in [1.29, 1.82) is 0 Å². The highest BCUT2D eigenvalue weighted by atomic mass is 14.0. The molecule has 0 atom stereocenters. The third kappa shape index (κ3) is 9.55. The minimum Gasteiger partial charge on any atom is -0.0656 e. The van der Waals surface area contributed by atoms with E-state index >= 15 is 0 Å². The van der Waals surface area contributed by atoms with Gasteiger partial charge in [-0.05, 0) is 55.4 Å². The number of benzene rings is 3. The molecule has 0 saturated carbocycles. The highest BCUT2D eigenvalue weighted by molar-refractivity contribution is 5.29. The lowest BCUT2D eigenvalue weighted by molar-refractivity contribution is 1.09. The van der Waals surface area contributed by atoms with Crippen molar-refractivity contribution in [3.63, 3.8) is 0 Å². The Bertz CT molecular complexity index is 701. The van der Waals surface area contributed by atoms with Crippen LogP contribution in [0, 0.1) is 13.8 Å². The predicted molar refractivity (Wildman–Crippen MR) is 126 cm³/mol. The van der Waals surface area contributed by atoms with Crippen molar-refractivity contribution in [2.75, 3.05) is 0 Å². The summed E-state index contributed by atoms with van der Waals surface area (Å²) in [7, 11) is 0. The number of hydrogen-bond acceptors (Lipinski definition) is 0. The average Bonchev–Trinajstić information content (AvgIpc) is 2.72. The van der Waals surface area contributed by atoms with Crippen molar-refractivity contribution < 1.29 is 0 Å². The van der Waals surface area contributed by atoms with Gasteiger partial charge in [-0.1, -0.05) is 118 Å². The monoisotopic (exact) mass is 374 g/mol. The summed E-state index contributed by atoms with van der Waals surface area (Å²) in [4.78, 5) is 0. The van der Waals surface area contributed by atoms with Gasteiger partial charge in [-0.3, -0.25) is 0 Å². The molecule has 0 radical (unpaired) electrons. The Morgan fingerprint density at radius 3 is 1.18 bits per heavy atom.